The second-order valence-electron chi connectivity index (χ2n) is 9.28. The average molecular weight is 553 g/mol. The van der Waals surface area contributed by atoms with Crippen LogP contribution in [-0.2, 0) is 30.9 Å². The molecule has 2 heterocycles. The van der Waals surface area contributed by atoms with Crippen LogP contribution in [0.2, 0.25) is 0 Å². The summed E-state index contributed by atoms with van der Waals surface area (Å²) in [5.74, 6) is -1.00. The number of nitriles is 1. The molecule has 1 unspecified atom stereocenters. The van der Waals surface area contributed by atoms with Gasteiger partial charge in [0.05, 0.1) is 41.0 Å². The zero-order chi connectivity index (χ0) is 28.9. The molecule has 2 aromatic heterocycles. The molecule has 10 nitrogen and oxygen atoms in total. The summed E-state index contributed by atoms with van der Waals surface area (Å²) in [5, 5.41) is 9.20. The van der Waals surface area contributed by atoms with Crippen molar-refractivity contribution in [2.24, 2.45) is 7.05 Å². The molecule has 0 fully saturated rings. The van der Waals surface area contributed by atoms with Crippen molar-refractivity contribution in [1.29, 1.82) is 5.26 Å². The fourth-order valence-corrected chi connectivity index (χ4v) is 5.32. The molecule has 206 valence electrons. The van der Waals surface area contributed by atoms with E-state index in [4.69, 9.17) is 4.74 Å². The number of halogens is 3. The van der Waals surface area contributed by atoms with E-state index in [0.29, 0.717) is 11.0 Å². The lowest BCUT2D eigenvalue weighted by Crippen LogP contribution is -2.44. The summed E-state index contributed by atoms with van der Waals surface area (Å²) in [6.07, 6.45) is -3.59. The minimum Gasteiger partial charge on any atom is -0.462 e. The molecule has 1 aliphatic carbocycles. The first-order valence-corrected chi connectivity index (χ1v) is 12.3. The third-order valence-corrected chi connectivity index (χ3v) is 7.11. The van der Waals surface area contributed by atoms with Gasteiger partial charge in [-0.05, 0) is 55.2 Å². The van der Waals surface area contributed by atoms with E-state index in [-0.39, 0.29) is 42.8 Å². The summed E-state index contributed by atoms with van der Waals surface area (Å²) < 4.78 is 50.4. The van der Waals surface area contributed by atoms with Gasteiger partial charge >= 0.3 is 23.5 Å². The van der Waals surface area contributed by atoms with Gasteiger partial charge in [0.15, 0.2) is 0 Å². The minimum atomic E-state index is -4.62. The third kappa shape index (κ3) is 4.12. The van der Waals surface area contributed by atoms with Gasteiger partial charge in [-0.3, -0.25) is 23.1 Å². The zero-order valence-electron chi connectivity index (χ0n) is 21.4. The van der Waals surface area contributed by atoms with Crippen LogP contribution in [-0.4, -0.2) is 30.8 Å². The lowest BCUT2D eigenvalue weighted by Gasteiger charge is -2.19. The Morgan fingerprint density at radius 1 is 1.12 bits per heavy atom. The lowest BCUT2D eigenvalue weighted by atomic mass is 10.0. The summed E-state index contributed by atoms with van der Waals surface area (Å²) >= 11 is 0. The maximum absolute atomic E-state index is 13.8. The average Bonchev–Trinajstić information content (AvgIpc) is 3.43. The number of imidazole rings is 1. The Morgan fingerprint density at radius 3 is 2.55 bits per heavy atom. The number of benzene rings is 2. The van der Waals surface area contributed by atoms with Gasteiger partial charge in [-0.2, -0.15) is 18.4 Å². The van der Waals surface area contributed by atoms with Gasteiger partial charge < -0.3 is 4.74 Å². The molecule has 4 aromatic rings. The molecule has 0 saturated heterocycles. The van der Waals surface area contributed by atoms with Crippen LogP contribution in [0.1, 0.15) is 46.4 Å². The number of aryl methyl sites for hydroxylation is 1. The highest BCUT2D eigenvalue weighted by Crippen LogP contribution is 2.41. The molecule has 0 aliphatic heterocycles. The Morgan fingerprint density at radius 2 is 1.88 bits per heavy atom. The Bertz CT molecular complexity index is 1910. The molecular weight excluding hydrogens is 531 g/mol. The molecule has 2 aromatic carbocycles. The number of ether oxygens (including phenoxy) is 1. The summed E-state index contributed by atoms with van der Waals surface area (Å²) in [4.78, 5) is 52.7. The Hall–Kier alpha value is -4.86. The third-order valence-electron chi connectivity index (χ3n) is 7.11. The van der Waals surface area contributed by atoms with Crippen molar-refractivity contribution in [3.8, 4) is 11.8 Å². The summed E-state index contributed by atoms with van der Waals surface area (Å²) in [6.45, 7) is 1.22. The van der Waals surface area contributed by atoms with E-state index in [1.165, 1.54) is 47.4 Å². The van der Waals surface area contributed by atoms with Gasteiger partial charge in [-0.25, -0.2) is 14.4 Å². The SMILES string of the molecule is CCOC(=O)c1cn(-c2ccc3c(c2)n(CC#N)c(=O)n3C)c(=O)n(C2CCc3c2cccc3C(F)(F)F)c1=O. The number of aromatic nitrogens is 4. The standard InChI is InChI=1S/C27H22F3N5O5/c1-3-40-24(37)18-14-34(15-7-9-21-22(13-15)33(12-11-31)25(38)32(21)2)26(39)35(23(18)36)20-10-8-16-17(20)5-4-6-19(16)27(28,29)30/h4-7,9,13-14,20H,3,8,10,12H2,1-2H3. The molecule has 0 saturated carbocycles. The van der Waals surface area contributed by atoms with Crippen molar-refractivity contribution in [3.63, 3.8) is 0 Å². The summed E-state index contributed by atoms with van der Waals surface area (Å²) in [7, 11) is 1.52. The number of carbonyl (C=O) groups excluding carboxylic acids is 1. The maximum Gasteiger partial charge on any atom is 0.416 e. The van der Waals surface area contributed by atoms with Crippen LogP contribution in [0.3, 0.4) is 0 Å². The molecule has 40 heavy (non-hydrogen) atoms. The topological polar surface area (TPSA) is 121 Å². The first kappa shape index (κ1) is 26.7. The van der Waals surface area contributed by atoms with Gasteiger partial charge in [0.25, 0.3) is 5.56 Å². The van der Waals surface area contributed by atoms with Gasteiger partial charge in [0.2, 0.25) is 0 Å². The minimum absolute atomic E-state index is 0.00869. The highest BCUT2D eigenvalue weighted by atomic mass is 19.4. The van der Waals surface area contributed by atoms with E-state index in [1.807, 2.05) is 6.07 Å². The first-order valence-electron chi connectivity index (χ1n) is 12.3. The predicted molar refractivity (Wildman–Crippen MR) is 137 cm³/mol. The van der Waals surface area contributed by atoms with Crippen LogP contribution in [0.5, 0.6) is 0 Å². The highest BCUT2D eigenvalue weighted by Gasteiger charge is 2.38. The lowest BCUT2D eigenvalue weighted by molar-refractivity contribution is -0.138. The van der Waals surface area contributed by atoms with Crippen molar-refractivity contribution in [2.45, 2.75) is 38.5 Å². The Balaban J connectivity index is 1.78. The smallest absolute Gasteiger partial charge is 0.416 e. The number of hydrogen-bond acceptors (Lipinski definition) is 6. The number of rotatable bonds is 5. The Kier molecular flexibility index (Phi) is 6.49. The second-order valence-corrected chi connectivity index (χ2v) is 9.28. The van der Waals surface area contributed by atoms with Crippen molar-refractivity contribution < 1.29 is 22.7 Å². The van der Waals surface area contributed by atoms with Crippen molar-refractivity contribution in [2.75, 3.05) is 6.61 Å². The number of alkyl halides is 3. The van der Waals surface area contributed by atoms with E-state index < -0.39 is 46.3 Å². The second kappa shape index (κ2) is 9.71. The first-order chi connectivity index (χ1) is 19.0. The van der Waals surface area contributed by atoms with Crippen molar-refractivity contribution >= 4 is 17.0 Å². The van der Waals surface area contributed by atoms with E-state index in [9.17, 15) is 37.6 Å². The molecule has 0 spiro atoms. The van der Waals surface area contributed by atoms with Gasteiger partial charge in [-0.1, -0.05) is 12.1 Å². The van der Waals surface area contributed by atoms with E-state index in [1.54, 1.807) is 6.07 Å². The van der Waals surface area contributed by atoms with Gasteiger partial charge in [-0.15, -0.1) is 0 Å². The molecule has 13 heteroatoms. The molecule has 1 aliphatic rings. The van der Waals surface area contributed by atoms with Crippen LogP contribution in [0.25, 0.3) is 16.7 Å². The fraction of sp³-hybridized carbons (Fsp3) is 0.296. The van der Waals surface area contributed by atoms with E-state index in [0.717, 1.165) is 21.4 Å². The number of fused-ring (bicyclic) bond motifs is 2. The molecule has 5 rings (SSSR count). The molecular formula is C27H22F3N5O5. The summed E-state index contributed by atoms with van der Waals surface area (Å²) in [5.41, 5.74) is -2.53. The highest BCUT2D eigenvalue weighted by molar-refractivity contribution is 5.88. The van der Waals surface area contributed by atoms with Crippen LogP contribution in [0, 0.1) is 11.3 Å². The maximum atomic E-state index is 13.8. The summed E-state index contributed by atoms with van der Waals surface area (Å²) in [6, 6.07) is 8.96. The van der Waals surface area contributed by atoms with Gasteiger partial charge in [0.1, 0.15) is 12.1 Å². The number of hydrogen-bond donors (Lipinski definition) is 0. The monoisotopic (exact) mass is 553 g/mol. The zero-order valence-corrected chi connectivity index (χ0v) is 21.4. The van der Waals surface area contributed by atoms with Crippen molar-refractivity contribution in [3.05, 3.63) is 96.2 Å². The number of esters is 1. The van der Waals surface area contributed by atoms with Gasteiger partial charge in [0, 0.05) is 13.2 Å². The van der Waals surface area contributed by atoms with Crippen LogP contribution in [0.4, 0.5) is 13.2 Å². The normalized spacial score (nSPS) is 14.8. The Labute approximate surface area is 223 Å². The van der Waals surface area contributed by atoms with E-state index >= 15 is 0 Å². The molecule has 0 bridgehead atoms. The van der Waals surface area contributed by atoms with Crippen LogP contribution >= 0.6 is 0 Å². The molecule has 0 amide bonds. The number of carbonyl (C=O) groups is 1. The quantitative estimate of drug-likeness (QED) is 0.351. The van der Waals surface area contributed by atoms with Crippen molar-refractivity contribution in [1.82, 2.24) is 18.3 Å². The van der Waals surface area contributed by atoms with Crippen LogP contribution < -0.4 is 16.9 Å². The molecule has 1 atom stereocenters. The largest absolute Gasteiger partial charge is 0.462 e. The number of nitrogens with zero attached hydrogens (tertiary/aromatic N) is 5. The fourth-order valence-electron chi connectivity index (χ4n) is 5.32. The van der Waals surface area contributed by atoms with E-state index in [2.05, 4.69) is 0 Å². The molecule has 0 N–H and O–H groups in total. The molecule has 0 radical (unpaired) electrons. The predicted octanol–water partition coefficient (Wildman–Crippen LogP) is 2.91. The van der Waals surface area contributed by atoms with Crippen LogP contribution in [0.15, 0.2) is 57.0 Å².